The zero-order chi connectivity index (χ0) is 15.9. The van der Waals surface area contributed by atoms with Gasteiger partial charge in [0.1, 0.15) is 5.56 Å². The largest absolute Gasteiger partial charge is 0.503 e. The monoisotopic (exact) mass is 318 g/mol. The number of pyridine rings is 1. The van der Waals surface area contributed by atoms with Crippen LogP contribution in [-0.4, -0.2) is 25.2 Å². The maximum absolute atomic E-state index is 12.4. The number of carboxylic acid groups (broad SMARTS) is 1. The molecule has 3 aromatic rings. The smallest absolute Gasteiger partial charge is 0.341 e. The molecule has 3 heterocycles. The van der Waals surface area contributed by atoms with Gasteiger partial charge in [-0.15, -0.1) is 11.3 Å². The lowest BCUT2D eigenvalue weighted by Crippen LogP contribution is -2.26. The minimum absolute atomic E-state index is 0.242. The Morgan fingerprint density at radius 2 is 2.05 bits per heavy atom. The van der Waals surface area contributed by atoms with Crippen LogP contribution in [0.5, 0.6) is 5.75 Å². The van der Waals surface area contributed by atoms with Crippen LogP contribution >= 0.6 is 11.3 Å². The number of aromatic hydroxyl groups is 1. The Balaban J connectivity index is 2.25. The Kier molecular flexibility index (Phi) is 3.30. The van der Waals surface area contributed by atoms with Crippen molar-refractivity contribution in [2.24, 2.45) is 0 Å². The standard InChI is InChI=1S/C14H10N2O5S/c17-11-9(14(20)21)7-15-3-4-16(6-8-2-1-5-22-8)13(19)10(15)12(11)18/h1-5,7,18H,6H2,(H,20,21). The molecule has 0 aliphatic carbocycles. The third-order valence-electron chi connectivity index (χ3n) is 3.22. The lowest BCUT2D eigenvalue weighted by Gasteiger charge is -2.09. The average Bonchev–Trinajstić information content (AvgIpc) is 2.98. The number of carboxylic acids is 1. The van der Waals surface area contributed by atoms with E-state index in [0.717, 1.165) is 15.5 Å². The highest BCUT2D eigenvalue weighted by molar-refractivity contribution is 7.09. The third kappa shape index (κ3) is 2.19. The van der Waals surface area contributed by atoms with Crippen LogP contribution in [0.15, 0.2) is 45.7 Å². The summed E-state index contributed by atoms with van der Waals surface area (Å²) in [6, 6.07) is 3.72. The number of thiophene rings is 1. The summed E-state index contributed by atoms with van der Waals surface area (Å²) >= 11 is 1.48. The molecule has 0 unspecified atom stereocenters. The summed E-state index contributed by atoms with van der Waals surface area (Å²) in [6.45, 7) is 0.307. The highest BCUT2D eigenvalue weighted by atomic mass is 32.1. The van der Waals surface area contributed by atoms with E-state index in [1.807, 2.05) is 17.5 Å². The summed E-state index contributed by atoms with van der Waals surface area (Å²) in [5.74, 6) is -2.32. The van der Waals surface area contributed by atoms with E-state index in [0.29, 0.717) is 6.54 Å². The number of aromatic carboxylic acids is 1. The summed E-state index contributed by atoms with van der Waals surface area (Å²) in [4.78, 5) is 36.1. The topological polar surface area (TPSA) is 101 Å². The van der Waals surface area contributed by atoms with Gasteiger partial charge in [0.05, 0.1) is 6.54 Å². The first-order valence-electron chi connectivity index (χ1n) is 6.22. The van der Waals surface area contributed by atoms with E-state index in [2.05, 4.69) is 0 Å². The van der Waals surface area contributed by atoms with Crippen LogP contribution in [0.4, 0.5) is 0 Å². The fourth-order valence-corrected chi connectivity index (χ4v) is 2.85. The molecular formula is C14H10N2O5S. The molecule has 22 heavy (non-hydrogen) atoms. The van der Waals surface area contributed by atoms with Crippen LogP contribution in [0, 0.1) is 0 Å². The second-order valence-electron chi connectivity index (χ2n) is 4.59. The molecular weight excluding hydrogens is 308 g/mol. The Morgan fingerprint density at radius 1 is 1.27 bits per heavy atom. The molecule has 3 rings (SSSR count). The van der Waals surface area contributed by atoms with Gasteiger partial charge in [-0.2, -0.15) is 0 Å². The molecule has 0 radical (unpaired) electrons. The second kappa shape index (κ2) is 5.15. The van der Waals surface area contributed by atoms with E-state index in [9.17, 15) is 19.5 Å². The lowest BCUT2D eigenvalue weighted by molar-refractivity contribution is 0.0694. The molecule has 0 aromatic carbocycles. The highest BCUT2D eigenvalue weighted by Crippen LogP contribution is 2.13. The van der Waals surface area contributed by atoms with Crippen molar-refractivity contribution in [3.05, 3.63) is 67.1 Å². The summed E-state index contributed by atoms with van der Waals surface area (Å²) < 4.78 is 2.49. The van der Waals surface area contributed by atoms with Crippen LogP contribution in [0.25, 0.3) is 5.52 Å². The van der Waals surface area contributed by atoms with Gasteiger partial charge in [-0.25, -0.2) is 4.79 Å². The molecule has 0 amide bonds. The lowest BCUT2D eigenvalue weighted by atomic mass is 10.2. The van der Waals surface area contributed by atoms with Crippen LogP contribution in [0.2, 0.25) is 0 Å². The number of carbonyl (C=O) groups is 1. The van der Waals surface area contributed by atoms with E-state index in [1.54, 1.807) is 0 Å². The minimum atomic E-state index is -1.46. The van der Waals surface area contributed by atoms with E-state index in [1.165, 1.54) is 28.3 Å². The molecule has 0 atom stereocenters. The molecule has 0 fully saturated rings. The van der Waals surface area contributed by atoms with Gasteiger partial charge >= 0.3 is 5.97 Å². The normalized spacial score (nSPS) is 10.9. The van der Waals surface area contributed by atoms with Crippen molar-refractivity contribution >= 4 is 22.8 Å². The zero-order valence-corrected chi connectivity index (χ0v) is 11.9. The molecule has 0 aliphatic heterocycles. The first kappa shape index (κ1) is 14.1. The number of rotatable bonds is 3. The van der Waals surface area contributed by atoms with E-state index < -0.39 is 28.3 Å². The Morgan fingerprint density at radius 3 is 2.68 bits per heavy atom. The number of hydrogen-bond donors (Lipinski definition) is 2. The first-order chi connectivity index (χ1) is 10.5. The Hall–Kier alpha value is -2.87. The van der Waals surface area contributed by atoms with Crippen LogP contribution in [-0.2, 0) is 6.54 Å². The summed E-state index contributed by atoms with van der Waals surface area (Å²) in [5, 5.41) is 20.7. The Labute approximate surface area is 126 Å². The van der Waals surface area contributed by atoms with Crippen LogP contribution in [0.3, 0.4) is 0 Å². The summed E-state index contributed by atoms with van der Waals surface area (Å²) in [6.07, 6.45) is 3.93. The van der Waals surface area contributed by atoms with Gasteiger partial charge in [0.15, 0.2) is 11.3 Å². The number of fused-ring (bicyclic) bond motifs is 1. The van der Waals surface area contributed by atoms with Gasteiger partial charge in [0, 0.05) is 23.5 Å². The second-order valence-corrected chi connectivity index (χ2v) is 5.62. The minimum Gasteiger partial charge on any atom is -0.503 e. The molecule has 112 valence electrons. The third-order valence-corrected chi connectivity index (χ3v) is 4.08. The molecule has 2 N–H and O–H groups in total. The predicted octanol–water partition coefficient (Wildman–Crippen LogP) is 0.975. The van der Waals surface area contributed by atoms with Crippen LogP contribution in [0.1, 0.15) is 15.2 Å². The van der Waals surface area contributed by atoms with E-state index in [-0.39, 0.29) is 5.52 Å². The van der Waals surface area contributed by atoms with Gasteiger partial charge in [-0.1, -0.05) is 6.07 Å². The molecule has 0 saturated heterocycles. The van der Waals surface area contributed by atoms with Crippen molar-refractivity contribution in [1.29, 1.82) is 0 Å². The van der Waals surface area contributed by atoms with E-state index in [4.69, 9.17) is 5.11 Å². The van der Waals surface area contributed by atoms with Crippen molar-refractivity contribution in [2.75, 3.05) is 0 Å². The maximum atomic E-state index is 12.4. The molecule has 8 heteroatoms. The van der Waals surface area contributed by atoms with Gasteiger partial charge in [-0.3, -0.25) is 9.59 Å². The molecule has 0 bridgehead atoms. The van der Waals surface area contributed by atoms with E-state index >= 15 is 0 Å². The predicted molar refractivity (Wildman–Crippen MR) is 80.0 cm³/mol. The summed E-state index contributed by atoms with van der Waals surface area (Å²) in [7, 11) is 0. The van der Waals surface area contributed by atoms with Crippen LogP contribution < -0.4 is 11.0 Å². The average molecular weight is 318 g/mol. The first-order valence-corrected chi connectivity index (χ1v) is 7.10. The molecule has 3 aromatic heterocycles. The van der Waals surface area contributed by atoms with Gasteiger partial charge in [0.2, 0.25) is 5.43 Å². The molecule has 7 nitrogen and oxygen atoms in total. The zero-order valence-electron chi connectivity index (χ0n) is 11.1. The number of aromatic nitrogens is 2. The quantitative estimate of drug-likeness (QED) is 0.749. The maximum Gasteiger partial charge on any atom is 0.341 e. The van der Waals surface area contributed by atoms with Gasteiger partial charge in [0.25, 0.3) is 5.56 Å². The number of hydrogen-bond acceptors (Lipinski definition) is 5. The van der Waals surface area contributed by atoms with Gasteiger partial charge in [-0.05, 0) is 11.4 Å². The highest BCUT2D eigenvalue weighted by Gasteiger charge is 2.18. The van der Waals surface area contributed by atoms with Gasteiger partial charge < -0.3 is 19.2 Å². The summed E-state index contributed by atoms with van der Waals surface area (Å²) in [5.41, 5.74) is -2.47. The fraction of sp³-hybridized carbons (Fsp3) is 0.0714. The van der Waals surface area contributed by atoms with Crippen molar-refractivity contribution in [3.8, 4) is 5.75 Å². The number of nitrogens with zero attached hydrogens (tertiary/aromatic N) is 2. The van der Waals surface area contributed by atoms with Crippen molar-refractivity contribution in [3.63, 3.8) is 0 Å². The van der Waals surface area contributed by atoms with Crippen molar-refractivity contribution in [2.45, 2.75) is 6.54 Å². The van der Waals surface area contributed by atoms with Crippen molar-refractivity contribution < 1.29 is 15.0 Å². The molecule has 0 saturated carbocycles. The Bertz CT molecular complexity index is 985. The molecule has 0 spiro atoms. The molecule has 0 aliphatic rings. The van der Waals surface area contributed by atoms with Crippen molar-refractivity contribution in [1.82, 2.24) is 8.97 Å². The fourth-order valence-electron chi connectivity index (χ4n) is 2.15. The SMILES string of the molecule is O=C(O)c1cn2ccn(Cc3cccs3)c(=O)c2c(O)c1=O.